The molecule has 0 saturated heterocycles. The van der Waals surface area contributed by atoms with Crippen LogP contribution in [0.3, 0.4) is 0 Å². The number of rotatable bonds is 4. The van der Waals surface area contributed by atoms with Crippen LogP contribution in [0.1, 0.15) is 25.7 Å². The maximum Gasteiger partial charge on any atom is 0.238 e. The van der Waals surface area contributed by atoms with Crippen LogP contribution in [0.2, 0.25) is 0 Å². The van der Waals surface area contributed by atoms with E-state index in [1.165, 1.54) is 25.7 Å². The van der Waals surface area contributed by atoms with Gasteiger partial charge in [-0.25, -0.2) is 0 Å². The molecule has 2 N–H and O–H groups in total. The highest BCUT2D eigenvalue weighted by atomic mass is 127. The van der Waals surface area contributed by atoms with E-state index in [9.17, 15) is 4.79 Å². The van der Waals surface area contributed by atoms with Crippen molar-refractivity contribution >= 4 is 34.2 Å². The molecule has 0 unspecified atom stereocenters. The molecule has 1 aliphatic rings. The summed E-state index contributed by atoms with van der Waals surface area (Å²) in [5, 5.41) is 6.23. The molecule has 17 heavy (non-hydrogen) atoms. The molecule has 0 radical (unpaired) electrons. The van der Waals surface area contributed by atoms with Gasteiger partial charge in [-0.15, -0.1) is 0 Å². The molecule has 92 valence electrons. The van der Waals surface area contributed by atoms with Gasteiger partial charge in [0.15, 0.2) is 0 Å². The number of benzene rings is 1. The number of amides is 1. The molecule has 1 saturated carbocycles. The van der Waals surface area contributed by atoms with Gasteiger partial charge in [0.25, 0.3) is 0 Å². The molecule has 0 spiro atoms. The van der Waals surface area contributed by atoms with Gasteiger partial charge in [-0.05, 0) is 47.6 Å². The van der Waals surface area contributed by atoms with Gasteiger partial charge in [-0.2, -0.15) is 0 Å². The van der Waals surface area contributed by atoms with Crippen molar-refractivity contribution in [2.75, 3.05) is 11.9 Å². The monoisotopic (exact) mass is 344 g/mol. The number of carbonyl (C=O) groups excluding carboxylic acids is 1. The van der Waals surface area contributed by atoms with Gasteiger partial charge >= 0.3 is 0 Å². The summed E-state index contributed by atoms with van der Waals surface area (Å²) in [7, 11) is 0. The molecule has 0 atom stereocenters. The number of halogens is 1. The normalized spacial score (nSPS) is 16.1. The van der Waals surface area contributed by atoms with Crippen LogP contribution in [0.15, 0.2) is 24.3 Å². The fourth-order valence-electron chi connectivity index (χ4n) is 2.12. The van der Waals surface area contributed by atoms with E-state index in [4.69, 9.17) is 0 Å². The molecule has 0 aliphatic heterocycles. The zero-order chi connectivity index (χ0) is 12.1. The first-order valence-electron chi connectivity index (χ1n) is 6.03. The lowest BCUT2D eigenvalue weighted by Gasteiger charge is -2.12. The summed E-state index contributed by atoms with van der Waals surface area (Å²) in [6.45, 7) is 0.412. The topological polar surface area (TPSA) is 41.1 Å². The predicted octanol–water partition coefficient (Wildman–Crippen LogP) is 2.76. The smallest absolute Gasteiger partial charge is 0.238 e. The Balaban J connectivity index is 1.79. The zero-order valence-corrected chi connectivity index (χ0v) is 11.9. The van der Waals surface area contributed by atoms with Crippen molar-refractivity contribution in [3.8, 4) is 0 Å². The molecular weight excluding hydrogens is 327 g/mol. The molecule has 1 amide bonds. The first kappa shape index (κ1) is 12.8. The van der Waals surface area contributed by atoms with Crippen LogP contribution >= 0.6 is 22.6 Å². The van der Waals surface area contributed by atoms with E-state index in [1.54, 1.807) is 0 Å². The third-order valence-electron chi connectivity index (χ3n) is 3.05. The van der Waals surface area contributed by atoms with Gasteiger partial charge in [0.05, 0.1) is 12.2 Å². The molecule has 0 heterocycles. The van der Waals surface area contributed by atoms with Gasteiger partial charge in [0.1, 0.15) is 0 Å². The summed E-state index contributed by atoms with van der Waals surface area (Å²) in [5.74, 6) is 0.0426. The maximum atomic E-state index is 11.7. The van der Waals surface area contributed by atoms with Crippen LogP contribution < -0.4 is 10.6 Å². The first-order chi connectivity index (χ1) is 8.25. The highest BCUT2D eigenvalue weighted by molar-refractivity contribution is 14.1. The summed E-state index contributed by atoms with van der Waals surface area (Å²) in [5.41, 5.74) is 0.895. The van der Waals surface area contributed by atoms with Crippen molar-refractivity contribution < 1.29 is 4.79 Å². The Bertz CT molecular complexity index is 389. The minimum Gasteiger partial charge on any atom is -0.324 e. The number of hydrogen-bond acceptors (Lipinski definition) is 2. The van der Waals surface area contributed by atoms with Gasteiger partial charge in [-0.3, -0.25) is 4.79 Å². The summed E-state index contributed by atoms with van der Waals surface area (Å²) in [6.07, 6.45) is 4.98. The van der Waals surface area contributed by atoms with Crippen molar-refractivity contribution in [3.05, 3.63) is 27.8 Å². The second-order valence-electron chi connectivity index (χ2n) is 4.39. The van der Waals surface area contributed by atoms with Gasteiger partial charge in [0, 0.05) is 9.61 Å². The lowest BCUT2D eigenvalue weighted by molar-refractivity contribution is -0.115. The van der Waals surface area contributed by atoms with Crippen LogP contribution in [0.5, 0.6) is 0 Å². The van der Waals surface area contributed by atoms with Crippen molar-refractivity contribution in [2.45, 2.75) is 31.7 Å². The average molecular weight is 344 g/mol. The van der Waals surface area contributed by atoms with Crippen LogP contribution in [0.25, 0.3) is 0 Å². The van der Waals surface area contributed by atoms with E-state index in [2.05, 4.69) is 33.2 Å². The minimum atomic E-state index is 0.0426. The number of carbonyl (C=O) groups is 1. The zero-order valence-electron chi connectivity index (χ0n) is 9.71. The van der Waals surface area contributed by atoms with Crippen molar-refractivity contribution in [3.63, 3.8) is 0 Å². The van der Waals surface area contributed by atoms with E-state index in [0.29, 0.717) is 12.6 Å². The Hall–Kier alpha value is -0.620. The van der Waals surface area contributed by atoms with Crippen molar-refractivity contribution in [1.82, 2.24) is 5.32 Å². The van der Waals surface area contributed by atoms with E-state index >= 15 is 0 Å². The minimum absolute atomic E-state index is 0.0426. The summed E-state index contributed by atoms with van der Waals surface area (Å²) in [4.78, 5) is 11.7. The van der Waals surface area contributed by atoms with E-state index in [-0.39, 0.29) is 5.91 Å². The van der Waals surface area contributed by atoms with Gasteiger partial charge in [-0.1, -0.05) is 25.0 Å². The van der Waals surface area contributed by atoms with Crippen molar-refractivity contribution in [1.29, 1.82) is 0 Å². The number of anilines is 1. The number of para-hydroxylation sites is 1. The van der Waals surface area contributed by atoms with Crippen LogP contribution in [0, 0.1) is 3.57 Å². The number of hydrogen-bond donors (Lipinski definition) is 2. The Morgan fingerprint density at radius 2 is 2.00 bits per heavy atom. The molecule has 1 aromatic carbocycles. The molecule has 1 aliphatic carbocycles. The molecular formula is C13H17IN2O. The number of nitrogens with one attached hydrogen (secondary N) is 2. The Labute approximate surface area is 116 Å². The lowest BCUT2D eigenvalue weighted by Crippen LogP contribution is -2.34. The molecule has 3 nitrogen and oxygen atoms in total. The summed E-state index contributed by atoms with van der Waals surface area (Å²) >= 11 is 2.23. The highest BCUT2D eigenvalue weighted by Crippen LogP contribution is 2.18. The largest absolute Gasteiger partial charge is 0.324 e. The molecule has 1 fully saturated rings. The van der Waals surface area contributed by atoms with Crippen LogP contribution in [-0.4, -0.2) is 18.5 Å². The van der Waals surface area contributed by atoms with Gasteiger partial charge in [0.2, 0.25) is 5.91 Å². The van der Waals surface area contributed by atoms with Crippen LogP contribution in [0.4, 0.5) is 5.69 Å². The Morgan fingerprint density at radius 1 is 1.29 bits per heavy atom. The first-order valence-corrected chi connectivity index (χ1v) is 7.11. The van der Waals surface area contributed by atoms with E-state index in [1.807, 2.05) is 24.3 Å². The molecule has 4 heteroatoms. The fourth-order valence-corrected chi connectivity index (χ4v) is 2.65. The van der Waals surface area contributed by atoms with Crippen LogP contribution in [-0.2, 0) is 4.79 Å². The average Bonchev–Trinajstić information content (AvgIpc) is 2.82. The van der Waals surface area contributed by atoms with E-state index in [0.717, 1.165) is 9.26 Å². The summed E-state index contributed by atoms with van der Waals surface area (Å²) in [6, 6.07) is 8.35. The second kappa shape index (κ2) is 6.35. The molecule has 2 rings (SSSR count). The fraction of sp³-hybridized carbons (Fsp3) is 0.462. The predicted molar refractivity (Wildman–Crippen MR) is 78.0 cm³/mol. The summed E-state index contributed by atoms with van der Waals surface area (Å²) < 4.78 is 1.07. The SMILES string of the molecule is O=C(CNC1CCCC1)Nc1ccccc1I. The lowest BCUT2D eigenvalue weighted by atomic mass is 10.2. The van der Waals surface area contributed by atoms with Gasteiger partial charge < -0.3 is 10.6 Å². The quantitative estimate of drug-likeness (QED) is 0.825. The molecule has 0 aromatic heterocycles. The third kappa shape index (κ3) is 3.96. The third-order valence-corrected chi connectivity index (χ3v) is 4.00. The Morgan fingerprint density at radius 3 is 2.71 bits per heavy atom. The van der Waals surface area contributed by atoms with Crippen molar-refractivity contribution in [2.24, 2.45) is 0 Å². The second-order valence-corrected chi connectivity index (χ2v) is 5.55. The highest BCUT2D eigenvalue weighted by Gasteiger charge is 2.15. The Kier molecular flexibility index (Phi) is 4.79. The molecule has 1 aromatic rings. The standard InChI is InChI=1S/C13H17IN2O/c14-11-7-3-4-8-12(11)16-13(17)9-15-10-5-1-2-6-10/h3-4,7-8,10,15H,1-2,5-6,9H2,(H,16,17). The molecule has 0 bridgehead atoms. The maximum absolute atomic E-state index is 11.7. The van der Waals surface area contributed by atoms with E-state index < -0.39 is 0 Å².